The van der Waals surface area contributed by atoms with Crippen molar-refractivity contribution >= 4 is 11.6 Å². The predicted octanol–water partition coefficient (Wildman–Crippen LogP) is 5.47. The third-order valence-electron chi connectivity index (χ3n) is 3.53. The van der Waals surface area contributed by atoms with Gasteiger partial charge in [-0.15, -0.1) is 11.6 Å². The molecular formula is C18H40ClNO. The standard InChI is InChI=1S/C14H29Cl.C4H11NO/c1-2-3-4-5-6-7-8-9-10-11-12-13-14-15;1-5(2)3-4-6/h2-14H2,1H3;6H,3-4H2,1-2H3. The number of hydrogen-bond donors (Lipinski definition) is 1. The molecule has 0 radical (unpaired) electrons. The molecule has 0 aromatic heterocycles. The molecule has 0 rings (SSSR count). The van der Waals surface area contributed by atoms with Gasteiger partial charge >= 0.3 is 0 Å². The lowest BCUT2D eigenvalue weighted by Gasteiger charge is -2.03. The average Bonchev–Trinajstić information content (AvgIpc) is 2.45. The van der Waals surface area contributed by atoms with E-state index in [1.807, 2.05) is 19.0 Å². The summed E-state index contributed by atoms with van der Waals surface area (Å²) in [4.78, 5) is 1.93. The van der Waals surface area contributed by atoms with E-state index in [-0.39, 0.29) is 6.61 Å². The van der Waals surface area contributed by atoms with E-state index < -0.39 is 0 Å². The van der Waals surface area contributed by atoms with Crippen LogP contribution >= 0.6 is 11.6 Å². The second-order valence-corrected chi connectivity index (χ2v) is 6.48. The summed E-state index contributed by atoms with van der Waals surface area (Å²) >= 11 is 5.62. The number of alkyl halides is 1. The Morgan fingerprint density at radius 3 is 1.33 bits per heavy atom. The van der Waals surface area contributed by atoms with Gasteiger partial charge in [0.15, 0.2) is 0 Å². The van der Waals surface area contributed by atoms with Crippen molar-refractivity contribution in [3.05, 3.63) is 0 Å². The molecule has 0 saturated carbocycles. The highest BCUT2D eigenvalue weighted by Gasteiger charge is 1.92. The van der Waals surface area contributed by atoms with Gasteiger partial charge in [-0.2, -0.15) is 0 Å². The molecule has 0 aliphatic rings. The molecule has 0 aliphatic heterocycles. The number of aliphatic hydroxyl groups is 1. The van der Waals surface area contributed by atoms with Crippen molar-refractivity contribution in [2.24, 2.45) is 0 Å². The summed E-state index contributed by atoms with van der Waals surface area (Å²) in [5.74, 6) is 0.845. The van der Waals surface area contributed by atoms with Crippen LogP contribution in [-0.2, 0) is 0 Å². The maximum absolute atomic E-state index is 8.20. The summed E-state index contributed by atoms with van der Waals surface area (Å²) < 4.78 is 0. The van der Waals surface area contributed by atoms with Gasteiger partial charge in [0, 0.05) is 12.4 Å². The number of halogens is 1. The first-order valence-corrected chi connectivity index (χ1v) is 9.54. The van der Waals surface area contributed by atoms with Gasteiger partial charge in [-0.25, -0.2) is 0 Å². The maximum atomic E-state index is 8.20. The molecule has 0 atom stereocenters. The first kappa shape index (κ1) is 23.5. The van der Waals surface area contributed by atoms with Crippen LogP contribution in [0.2, 0.25) is 0 Å². The summed E-state index contributed by atoms with van der Waals surface area (Å²) in [6.07, 6.45) is 16.9. The van der Waals surface area contributed by atoms with Gasteiger partial charge in [-0.3, -0.25) is 0 Å². The molecule has 0 heterocycles. The van der Waals surface area contributed by atoms with Crippen molar-refractivity contribution in [2.75, 3.05) is 33.1 Å². The minimum absolute atomic E-state index is 0.257. The summed E-state index contributed by atoms with van der Waals surface area (Å²) in [6, 6.07) is 0. The zero-order valence-electron chi connectivity index (χ0n) is 14.9. The molecule has 0 amide bonds. The topological polar surface area (TPSA) is 23.5 Å². The van der Waals surface area contributed by atoms with Gasteiger partial charge < -0.3 is 10.0 Å². The first-order chi connectivity index (χ1) is 10.2. The highest BCUT2D eigenvalue weighted by molar-refractivity contribution is 6.17. The Morgan fingerprint density at radius 1 is 0.714 bits per heavy atom. The fraction of sp³-hybridized carbons (Fsp3) is 1.00. The van der Waals surface area contributed by atoms with E-state index in [1.165, 1.54) is 77.0 Å². The molecule has 0 saturated heterocycles. The summed E-state index contributed by atoms with van der Waals surface area (Å²) in [5, 5.41) is 8.20. The predicted molar refractivity (Wildman–Crippen MR) is 97.4 cm³/mol. The molecule has 0 fully saturated rings. The van der Waals surface area contributed by atoms with E-state index in [9.17, 15) is 0 Å². The normalized spacial score (nSPS) is 10.6. The van der Waals surface area contributed by atoms with E-state index >= 15 is 0 Å². The van der Waals surface area contributed by atoms with Crippen molar-refractivity contribution < 1.29 is 5.11 Å². The Labute approximate surface area is 139 Å². The third-order valence-corrected chi connectivity index (χ3v) is 3.80. The van der Waals surface area contributed by atoms with E-state index in [2.05, 4.69) is 6.92 Å². The van der Waals surface area contributed by atoms with Gasteiger partial charge in [0.1, 0.15) is 0 Å². The van der Waals surface area contributed by atoms with Crippen LogP contribution in [0, 0.1) is 0 Å². The van der Waals surface area contributed by atoms with Crippen LogP contribution in [0.4, 0.5) is 0 Å². The molecule has 130 valence electrons. The Balaban J connectivity index is 0. The van der Waals surface area contributed by atoms with Gasteiger partial charge in [0.25, 0.3) is 0 Å². The van der Waals surface area contributed by atoms with Crippen molar-refractivity contribution in [2.45, 2.75) is 84.0 Å². The maximum Gasteiger partial charge on any atom is 0.0558 e. The zero-order chi connectivity index (χ0) is 16.2. The molecule has 0 aromatic rings. The van der Waals surface area contributed by atoms with Crippen LogP contribution in [0.25, 0.3) is 0 Å². The van der Waals surface area contributed by atoms with Crippen molar-refractivity contribution in [1.29, 1.82) is 0 Å². The fourth-order valence-corrected chi connectivity index (χ4v) is 2.32. The van der Waals surface area contributed by atoms with Crippen LogP contribution in [0.5, 0.6) is 0 Å². The van der Waals surface area contributed by atoms with Crippen LogP contribution < -0.4 is 0 Å². The van der Waals surface area contributed by atoms with E-state index in [0.29, 0.717) is 0 Å². The molecule has 2 nitrogen and oxygen atoms in total. The number of hydrogen-bond acceptors (Lipinski definition) is 2. The minimum atomic E-state index is 0.257. The summed E-state index contributed by atoms with van der Waals surface area (Å²) in [5.41, 5.74) is 0. The molecule has 0 unspecified atom stereocenters. The highest BCUT2D eigenvalue weighted by Crippen LogP contribution is 2.11. The van der Waals surface area contributed by atoms with Crippen LogP contribution in [0.3, 0.4) is 0 Å². The van der Waals surface area contributed by atoms with E-state index in [4.69, 9.17) is 16.7 Å². The van der Waals surface area contributed by atoms with Crippen LogP contribution in [-0.4, -0.2) is 43.1 Å². The van der Waals surface area contributed by atoms with Crippen LogP contribution in [0.15, 0.2) is 0 Å². The summed E-state index contributed by atoms with van der Waals surface area (Å²) in [6.45, 7) is 3.30. The molecule has 0 aromatic carbocycles. The number of rotatable bonds is 14. The van der Waals surface area contributed by atoms with Gasteiger partial charge in [-0.1, -0.05) is 77.6 Å². The molecular weight excluding hydrogens is 282 g/mol. The highest BCUT2D eigenvalue weighted by atomic mass is 35.5. The Hall–Kier alpha value is 0.210. The van der Waals surface area contributed by atoms with Crippen molar-refractivity contribution in [1.82, 2.24) is 4.90 Å². The second kappa shape index (κ2) is 22.5. The third kappa shape index (κ3) is 29.0. The minimum Gasteiger partial charge on any atom is -0.395 e. The molecule has 21 heavy (non-hydrogen) atoms. The summed E-state index contributed by atoms with van der Waals surface area (Å²) in [7, 11) is 3.85. The average molecular weight is 322 g/mol. The van der Waals surface area contributed by atoms with E-state index in [1.54, 1.807) is 0 Å². The molecule has 0 bridgehead atoms. The quantitative estimate of drug-likeness (QED) is 0.339. The Kier molecular flexibility index (Phi) is 25.1. The first-order valence-electron chi connectivity index (χ1n) is 9.00. The second-order valence-electron chi connectivity index (χ2n) is 6.10. The van der Waals surface area contributed by atoms with Crippen LogP contribution in [0.1, 0.15) is 84.0 Å². The lowest BCUT2D eigenvalue weighted by molar-refractivity contribution is 0.243. The monoisotopic (exact) mass is 321 g/mol. The number of likely N-dealkylation sites (N-methyl/N-ethyl adjacent to an activating group) is 1. The Morgan fingerprint density at radius 2 is 1.10 bits per heavy atom. The fourth-order valence-electron chi connectivity index (χ4n) is 2.14. The lowest BCUT2D eigenvalue weighted by Crippen LogP contribution is -2.15. The molecule has 0 aliphatic carbocycles. The SMILES string of the molecule is CCCCCCCCCCCCCCCl.CN(C)CCO. The number of aliphatic hydroxyl groups excluding tert-OH is 1. The molecule has 0 spiro atoms. The van der Waals surface area contributed by atoms with Gasteiger partial charge in [-0.05, 0) is 20.5 Å². The lowest BCUT2D eigenvalue weighted by atomic mass is 10.1. The smallest absolute Gasteiger partial charge is 0.0558 e. The molecule has 1 N–H and O–H groups in total. The molecule has 3 heteroatoms. The van der Waals surface area contributed by atoms with Crippen molar-refractivity contribution in [3.8, 4) is 0 Å². The van der Waals surface area contributed by atoms with E-state index in [0.717, 1.165) is 12.4 Å². The van der Waals surface area contributed by atoms with Crippen molar-refractivity contribution in [3.63, 3.8) is 0 Å². The van der Waals surface area contributed by atoms with Gasteiger partial charge in [0.05, 0.1) is 6.61 Å². The number of nitrogens with zero attached hydrogens (tertiary/aromatic N) is 1. The largest absolute Gasteiger partial charge is 0.395 e. The van der Waals surface area contributed by atoms with Gasteiger partial charge in [0.2, 0.25) is 0 Å². The Bertz CT molecular complexity index is 153. The zero-order valence-corrected chi connectivity index (χ0v) is 15.6. The number of unbranched alkanes of at least 4 members (excludes halogenated alkanes) is 11.